The van der Waals surface area contributed by atoms with E-state index >= 15 is 0 Å². The normalized spacial score (nSPS) is 13.2. The molecule has 346 valence electrons. The minimum atomic E-state index is -0.251. The SMILES string of the molecule is CC(C)(C)c1cccc(N2[CH-]N(c3[c-]c(Oc4[c-]c5c(cc4)c4cc(C(C)(C)c6ccccc6)ccc4n5-c4cc(C(C)(C)c5ccccc5)ccn4)ccc3)c3ccc(C(C)(C)C)cc32)c1.[Pt]. The van der Waals surface area contributed by atoms with Gasteiger partial charge in [-0.25, -0.2) is 4.98 Å². The molecule has 5 nitrogen and oxygen atoms in total. The second-order valence-corrected chi connectivity index (χ2v) is 21.1. The molecule has 0 saturated heterocycles. The molecule has 6 heteroatoms. The molecule has 0 radical (unpaired) electrons. The van der Waals surface area contributed by atoms with Crippen LogP contribution in [0.1, 0.15) is 103 Å². The molecule has 0 spiro atoms. The molecule has 10 rings (SSSR count). The first kappa shape index (κ1) is 46.7. The van der Waals surface area contributed by atoms with Gasteiger partial charge < -0.3 is 19.1 Å². The summed E-state index contributed by atoms with van der Waals surface area (Å²) in [5.41, 5.74) is 13.2. The van der Waals surface area contributed by atoms with Gasteiger partial charge in [0.05, 0.1) is 0 Å². The second kappa shape index (κ2) is 17.6. The molecule has 0 aliphatic carbocycles. The third kappa shape index (κ3) is 8.56. The van der Waals surface area contributed by atoms with E-state index in [-0.39, 0.29) is 42.7 Å². The Balaban J connectivity index is 0.00000578. The maximum absolute atomic E-state index is 6.76. The van der Waals surface area contributed by atoms with E-state index in [9.17, 15) is 0 Å². The molecule has 0 fully saturated rings. The van der Waals surface area contributed by atoms with Gasteiger partial charge in [-0.15, -0.1) is 48.1 Å². The molecule has 0 atom stereocenters. The number of hydrogen-bond acceptors (Lipinski definition) is 4. The Kier molecular flexibility index (Phi) is 12.1. The van der Waals surface area contributed by atoms with Gasteiger partial charge in [-0.1, -0.05) is 166 Å². The van der Waals surface area contributed by atoms with Crippen LogP contribution >= 0.6 is 0 Å². The van der Waals surface area contributed by atoms with E-state index in [1.54, 1.807) is 0 Å². The predicted octanol–water partition coefficient (Wildman–Crippen LogP) is 16.2. The van der Waals surface area contributed by atoms with Crippen LogP contribution in [0.3, 0.4) is 0 Å². The van der Waals surface area contributed by atoms with Crippen LogP contribution < -0.4 is 14.5 Å². The first-order valence-electron chi connectivity index (χ1n) is 23.4. The second-order valence-electron chi connectivity index (χ2n) is 21.1. The number of hydrogen-bond donors (Lipinski definition) is 0. The molecule has 9 aromatic rings. The van der Waals surface area contributed by atoms with E-state index in [0.717, 1.165) is 50.4 Å². The van der Waals surface area contributed by atoms with Gasteiger partial charge in [-0.05, 0) is 92.1 Å². The number of fused-ring (bicyclic) bond motifs is 4. The standard InChI is InChI=1S/C62H59N4O.Pt/c1-59(2,3)44-23-17-24-48(35-44)65-41-64(55-32-27-45(37-57(55)65)60(4,5)6)49-25-18-26-50(39-49)67-51-29-30-52-53-36-46(61(7,8)42-19-13-11-14-20-42)28-31-54(53)66(56(52)40-51)58-38-47(33-34-63-58)62(9,10)43-21-15-12-16-22-43;/h11-38,41H,1-10H3;/q-3;. The van der Waals surface area contributed by atoms with Crippen LogP contribution in [0, 0.1) is 18.8 Å². The minimum Gasteiger partial charge on any atom is -0.509 e. The number of rotatable bonds is 9. The molecular weight excluding hydrogens is 1010 g/mol. The van der Waals surface area contributed by atoms with Gasteiger partial charge >= 0.3 is 0 Å². The molecule has 1 aliphatic heterocycles. The largest absolute Gasteiger partial charge is 0.509 e. The van der Waals surface area contributed by atoms with Crippen molar-refractivity contribution in [2.24, 2.45) is 0 Å². The minimum absolute atomic E-state index is 0. The van der Waals surface area contributed by atoms with E-state index in [1.165, 1.54) is 33.4 Å². The molecule has 0 bridgehead atoms. The van der Waals surface area contributed by atoms with Gasteiger partial charge in [-0.3, -0.25) is 0 Å². The first-order valence-corrected chi connectivity index (χ1v) is 23.4. The molecule has 68 heavy (non-hydrogen) atoms. The summed E-state index contributed by atoms with van der Waals surface area (Å²) in [6.45, 7) is 24.9. The number of nitrogens with zero attached hydrogens (tertiary/aromatic N) is 4. The Labute approximate surface area is 417 Å². The number of anilines is 4. The van der Waals surface area contributed by atoms with E-state index < -0.39 is 0 Å². The van der Waals surface area contributed by atoms with Crippen molar-refractivity contribution in [3.8, 4) is 17.3 Å². The van der Waals surface area contributed by atoms with Crippen molar-refractivity contribution >= 4 is 44.6 Å². The smallest absolute Gasteiger partial charge is 0.135 e. The van der Waals surface area contributed by atoms with Crippen LogP contribution in [0.4, 0.5) is 22.7 Å². The summed E-state index contributed by atoms with van der Waals surface area (Å²) < 4.78 is 9.01. The topological polar surface area (TPSA) is 33.5 Å². The van der Waals surface area contributed by atoms with Crippen molar-refractivity contribution in [3.05, 3.63) is 222 Å². The van der Waals surface area contributed by atoms with Gasteiger partial charge in [0.2, 0.25) is 0 Å². The summed E-state index contributed by atoms with van der Waals surface area (Å²) in [7, 11) is 0. The van der Waals surface area contributed by atoms with Crippen molar-refractivity contribution in [1.29, 1.82) is 0 Å². The molecule has 0 unspecified atom stereocenters. The van der Waals surface area contributed by atoms with Gasteiger partial charge in [0.15, 0.2) is 0 Å². The third-order valence-corrected chi connectivity index (χ3v) is 13.9. The third-order valence-electron chi connectivity index (χ3n) is 13.9. The molecule has 3 heterocycles. The fourth-order valence-corrected chi connectivity index (χ4v) is 9.48. The average Bonchev–Trinajstić information content (AvgIpc) is 3.87. The number of pyridine rings is 1. The van der Waals surface area contributed by atoms with Crippen molar-refractivity contribution in [3.63, 3.8) is 0 Å². The van der Waals surface area contributed by atoms with Crippen molar-refractivity contribution in [1.82, 2.24) is 9.55 Å². The summed E-state index contributed by atoms with van der Waals surface area (Å²) in [6.07, 6.45) is 1.93. The Morgan fingerprint density at radius 1 is 0.471 bits per heavy atom. The number of aromatic nitrogens is 2. The first-order chi connectivity index (χ1) is 32.0. The Morgan fingerprint density at radius 2 is 1.07 bits per heavy atom. The summed E-state index contributed by atoms with van der Waals surface area (Å²) in [5.74, 6) is 2.02. The van der Waals surface area contributed by atoms with Crippen LogP contribution in [0.15, 0.2) is 170 Å². The molecule has 0 amide bonds. The monoisotopic (exact) mass is 1070 g/mol. The number of ether oxygens (including phenoxy) is 1. The molecule has 0 N–H and O–H groups in total. The molecule has 2 aromatic heterocycles. The van der Waals surface area contributed by atoms with Gasteiger partial charge in [0.1, 0.15) is 5.82 Å². The van der Waals surface area contributed by atoms with Crippen molar-refractivity contribution < 1.29 is 25.8 Å². The zero-order valence-corrected chi connectivity index (χ0v) is 43.0. The van der Waals surface area contributed by atoms with Crippen LogP contribution in [0.5, 0.6) is 11.5 Å². The van der Waals surface area contributed by atoms with Gasteiger partial charge in [-0.2, -0.15) is 12.1 Å². The summed E-state index contributed by atoms with van der Waals surface area (Å²) in [4.78, 5) is 9.56. The Morgan fingerprint density at radius 3 is 1.75 bits per heavy atom. The maximum atomic E-state index is 6.76. The van der Waals surface area contributed by atoms with E-state index in [4.69, 9.17) is 9.72 Å². The van der Waals surface area contributed by atoms with Crippen LogP contribution in [0.2, 0.25) is 0 Å². The maximum Gasteiger partial charge on any atom is 0.135 e. The molecule has 0 saturated carbocycles. The zero-order chi connectivity index (χ0) is 46.9. The van der Waals surface area contributed by atoms with Crippen LogP contribution in [-0.4, -0.2) is 9.55 Å². The quantitative estimate of drug-likeness (QED) is 0.135. The van der Waals surface area contributed by atoms with Crippen molar-refractivity contribution in [2.45, 2.75) is 90.9 Å². The summed E-state index contributed by atoms with van der Waals surface area (Å²) in [6, 6.07) is 66.0. The fraction of sp³-hybridized carbons (Fsp3) is 0.226. The van der Waals surface area contributed by atoms with Crippen LogP contribution in [0.25, 0.3) is 27.6 Å². The van der Waals surface area contributed by atoms with E-state index in [0.29, 0.717) is 11.5 Å². The van der Waals surface area contributed by atoms with E-state index in [1.807, 2.05) is 24.4 Å². The molecule has 7 aromatic carbocycles. The molecular formula is C62H59N4OPt-3. The van der Waals surface area contributed by atoms with Gasteiger partial charge in [0, 0.05) is 72.2 Å². The summed E-state index contributed by atoms with van der Waals surface area (Å²) in [5, 5.41) is 2.21. The predicted molar refractivity (Wildman–Crippen MR) is 279 cm³/mol. The zero-order valence-electron chi connectivity index (χ0n) is 40.8. The Hall–Kier alpha value is -6.42. The summed E-state index contributed by atoms with van der Waals surface area (Å²) >= 11 is 0. The Bertz CT molecular complexity index is 3280. The average molecular weight is 1070 g/mol. The van der Waals surface area contributed by atoms with Crippen molar-refractivity contribution in [2.75, 3.05) is 9.80 Å². The number of benzene rings is 7. The van der Waals surface area contributed by atoms with E-state index in [2.05, 4.69) is 248 Å². The van der Waals surface area contributed by atoms with Crippen LogP contribution in [-0.2, 0) is 42.7 Å². The fourth-order valence-electron chi connectivity index (χ4n) is 9.48. The van der Waals surface area contributed by atoms with Gasteiger partial charge in [0.25, 0.3) is 0 Å². The molecule has 1 aliphatic rings.